The summed E-state index contributed by atoms with van der Waals surface area (Å²) in [4.78, 5) is 12.6. The minimum atomic E-state index is -1.18. The summed E-state index contributed by atoms with van der Waals surface area (Å²) in [6.45, 7) is 0.897. The van der Waals surface area contributed by atoms with Gasteiger partial charge in [0.05, 0.1) is 6.10 Å². The molecule has 3 unspecified atom stereocenters. The smallest absolute Gasteiger partial charge is 0.323 e. The Bertz CT molecular complexity index is 210. The maximum atomic E-state index is 10.6. The summed E-state index contributed by atoms with van der Waals surface area (Å²) in [5.41, 5.74) is 5.38. The fourth-order valence-corrected chi connectivity index (χ4v) is 1.92. The number of likely N-dealkylation sites (tertiary alicyclic amines) is 1. The van der Waals surface area contributed by atoms with Crippen molar-refractivity contribution in [2.75, 3.05) is 13.6 Å². The van der Waals surface area contributed by atoms with Gasteiger partial charge in [-0.15, -0.1) is 0 Å². The third-order valence-corrected chi connectivity index (χ3v) is 2.87. The van der Waals surface area contributed by atoms with E-state index in [0.717, 1.165) is 25.8 Å². The van der Waals surface area contributed by atoms with Crippen LogP contribution in [0, 0.1) is 0 Å². The van der Waals surface area contributed by atoms with Gasteiger partial charge in [0, 0.05) is 6.04 Å². The van der Waals surface area contributed by atoms with Gasteiger partial charge in [-0.2, -0.15) is 0 Å². The first-order chi connectivity index (χ1) is 6.54. The summed E-state index contributed by atoms with van der Waals surface area (Å²) in [5, 5.41) is 18.4. The Hall–Kier alpha value is -0.650. The van der Waals surface area contributed by atoms with Crippen molar-refractivity contribution in [2.24, 2.45) is 5.73 Å². The number of aliphatic hydroxyl groups is 1. The molecule has 0 aromatic carbocycles. The highest BCUT2D eigenvalue weighted by molar-refractivity contribution is 5.74. The predicted octanol–water partition coefficient (Wildman–Crippen LogP) is -0.756. The monoisotopic (exact) mass is 202 g/mol. The minimum absolute atomic E-state index is 0.116. The number of hydrogen-bond donors (Lipinski definition) is 3. The molecule has 1 saturated heterocycles. The molecule has 0 spiro atoms. The maximum absolute atomic E-state index is 10.6. The van der Waals surface area contributed by atoms with Crippen LogP contribution in [0.1, 0.15) is 19.3 Å². The molecule has 1 aliphatic rings. The SMILES string of the molecule is CN1CCCCC1C(O)C(N)C(=O)O. The van der Waals surface area contributed by atoms with E-state index in [1.165, 1.54) is 0 Å². The predicted molar refractivity (Wildman–Crippen MR) is 51.9 cm³/mol. The number of aliphatic hydroxyl groups excluding tert-OH is 1. The van der Waals surface area contributed by atoms with E-state index in [1.54, 1.807) is 0 Å². The van der Waals surface area contributed by atoms with Gasteiger partial charge in [0.25, 0.3) is 0 Å². The van der Waals surface area contributed by atoms with Gasteiger partial charge in [0.2, 0.25) is 0 Å². The van der Waals surface area contributed by atoms with Crippen molar-refractivity contribution >= 4 is 5.97 Å². The van der Waals surface area contributed by atoms with Gasteiger partial charge in [0.15, 0.2) is 0 Å². The number of nitrogens with two attached hydrogens (primary N) is 1. The molecule has 0 amide bonds. The van der Waals surface area contributed by atoms with E-state index in [0.29, 0.717) is 0 Å². The van der Waals surface area contributed by atoms with E-state index in [2.05, 4.69) is 0 Å². The van der Waals surface area contributed by atoms with E-state index in [9.17, 15) is 9.90 Å². The van der Waals surface area contributed by atoms with Gasteiger partial charge in [-0.3, -0.25) is 4.79 Å². The summed E-state index contributed by atoms with van der Waals surface area (Å²) < 4.78 is 0. The fourth-order valence-electron chi connectivity index (χ4n) is 1.92. The molecule has 5 nitrogen and oxygen atoms in total. The van der Waals surface area contributed by atoms with E-state index in [4.69, 9.17) is 10.8 Å². The average Bonchev–Trinajstić information content (AvgIpc) is 2.16. The molecule has 0 aromatic rings. The first-order valence-electron chi connectivity index (χ1n) is 4.90. The van der Waals surface area contributed by atoms with Crippen LogP contribution in [0.4, 0.5) is 0 Å². The molecule has 0 aromatic heterocycles. The molecule has 1 fully saturated rings. The molecule has 3 atom stereocenters. The number of carboxylic acids is 1. The van der Waals surface area contributed by atoms with Crippen molar-refractivity contribution in [2.45, 2.75) is 37.5 Å². The van der Waals surface area contributed by atoms with Crippen molar-refractivity contribution in [3.8, 4) is 0 Å². The molecule has 14 heavy (non-hydrogen) atoms. The quantitative estimate of drug-likeness (QED) is 0.560. The van der Waals surface area contributed by atoms with Gasteiger partial charge < -0.3 is 20.8 Å². The average molecular weight is 202 g/mol. The molecule has 0 radical (unpaired) electrons. The van der Waals surface area contributed by atoms with Crippen LogP contribution in [0.25, 0.3) is 0 Å². The van der Waals surface area contributed by atoms with Gasteiger partial charge in [0.1, 0.15) is 6.04 Å². The molecule has 0 bridgehead atoms. The standard InChI is InChI=1S/C9H18N2O3/c1-11-5-3-2-4-6(11)8(12)7(10)9(13)14/h6-8,12H,2-5,10H2,1H3,(H,13,14). The van der Waals surface area contributed by atoms with E-state index < -0.39 is 18.1 Å². The third-order valence-electron chi connectivity index (χ3n) is 2.87. The summed E-state index contributed by atoms with van der Waals surface area (Å²) in [5.74, 6) is -1.14. The lowest BCUT2D eigenvalue weighted by molar-refractivity contribution is -0.142. The molecule has 1 aliphatic heterocycles. The Morgan fingerprint density at radius 3 is 2.71 bits per heavy atom. The first-order valence-corrected chi connectivity index (χ1v) is 4.90. The molecule has 0 saturated carbocycles. The van der Waals surface area contributed by atoms with Crippen LogP contribution >= 0.6 is 0 Å². The topological polar surface area (TPSA) is 86.8 Å². The summed E-state index contributed by atoms with van der Waals surface area (Å²) in [7, 11) is 1.89. The lowest BCUT2D eigenvalue weighted by Gasteiger charge is -2.36. The second kappa shape index (κ2) is 4.72. The Balaban J connectivity index is 2.57. The maximum Gasteiger partial charge on any atom is 0.323 e. The number of piperidine rings is 1. The highest BCUT2D eigenvalue weighted by Gasteiger charge is 2.33. The fraction of sp³-hybridized carbons (Fsp3) is 0.889. The van der Waals surface area contributed by atoms with Crippen molar-refractivity contribution in [3.05, 3.63) is 0 Å². The molecule has 82 valence electrons. The van der Waals surface area contributed by atoms with Gasteiger partial charge in [-0.25, -0.2) is 0 Å². The zero-order chi connectivity index (χ0) is 10.7. The molecule has 1 rings (SSSR count). The van der Waals surface area contributed by atoms with Gasteiger partial charge >= 0.3 is 5.97 Å². The highest BCUT2D eigenvalue weighted by Crippen LogP contribution is 2.19. The Kier molecular flexibility index (Phi) is 3.86. The number of likely N-dealkylation sites (N-methyl/N-ethyl adjacent to an activating group) is 1. The zero-order valence-corrected chi connectivity index (χ0v) is 8.39. The normalized spacial score (nSPS) is 28.4. The van der Waals surface area contributed by atoms with Crippen molar-refractivity contribution < 1.29 is 15.0 Å². The summed E-state index contributed by atoms with van der Waals surface area (Å²) >= 11 is 0. The lowest BCUT2D eigenvalue weighted by Crippen LogP contribution is -2.54. The third kappa shape index (κ3) is 2.43. The number of nitrogens with zero attached hydrogens (tertiary/aromatic N) is 1. The van der Waals surface area contributed by atoms with Crippen molar-refractivity contribution in [1.29, 1.82) is 0 Å². The molecule has 5 heteroatoms. The summed E-state index contributed by atoms with van der Waals surface area (Å²) in [6.07, 6.45) is 1.97. The van der Waals surface area contributed by atoms with Crippen molar-refractivity contribution in [1.82, 2.24) is 4.90 Å². The van der Waals surface area contributed by atoms with Crippen LogP contribution in [0.3, 0.4) is 0 Å². The van der Waals surface area contributed by atoms with Crippen LogP contribution < -0.4 is 5.73 Å². The van der Waals surface area contributed by atoms with Gasteiger partial charge in [-0.05, 0) is 26.4 Å². The Morgan fingerprint density at radius 1 is 1.57 bits per heavy atom. The molecular formula is C9H18N2O3. The Labute approximate surface area is 83.5 Å². The highest BCUT2D eigenvalue weighted by atomic mass is 16.4. The van der Waals surface area contributed by atoms with Crippen LogP contribution in [0.15, 0.2) is 0 Å². The van der Waals surface area contributed by atoms with E-state index in [-0.39, 0.29) is 6.04 Å². The molecule has 1 heterocycles. The van der Waals surface area contributed by atoms with Crippen LogP contribution in [-0.4, -0.2) is 52.9 Å². The zero-order valence-electron chi connectivity index (χ0n) is 8.39. The second-order valence-corrected chi connectivity index (χ2v) is 3.90. The lowest BCUT2D eigenvalue weighted by atomic mass is 9.94. The van der Waals surface area contributed by atoms with E-state index in [1.807, 2.05) is 11.9 Å². The largest absolute Gasteiger partial charge is 0.480 e. The minimum Gasteiger partial charge on any atom is -0.480 e. The van der Waals surface area contributed by atoms with E-state index >= 15 is 0 Å². The number of rotatable bonds is 3. The number of hydrogen-bond acceptors (Lipinski definition) is 4. The van der Waals surface area contributed by atoms with Crippen molar-refractivity contribution in [3.63, 3.8) is 0 Å². The number of carboxylic acid groups (broad SMARTS) is 1. The molecule has 0 aliphatic carbocycles. The van der Waals surface area contributed by atoms with Crippen LogP contribution in [0.5, 0.6) is 0 Å². The van der Waals surface area contributed by atoms with Gasteiger partial charge in [-0.1, -0.05) is 6.42 Å². The summed E-state index contributed by atoms with van der Waals surface area (Å²) in [6, 6.07) is -1.30. The number of carbonyl (C=O) groups is 1. The first kappa shape index (κ1) is 11.4. The second-order valence-electron chi connectivity index (χ2n) is 3.90. The van der Waals surface area contributed by atoms with Crippen LogP contribution in [0.2, 0.25) is 0 Å². The number of aliphatic carboxylic acids is 1. The molecule has 4 N–H and O–H groups in total. The molecular weight excluding hydrogens is 184 g/mol. The van der Waals surface area contributed by atoms with Crippen LogP contribution in [-0.2, 0) is 4.79 Å². The Morgan fingerprint density at radius 2 is 2.21 bits per heavy atom.